The molecular formula is C30H46N3+. The van der Waals surface area contributed by atoms with E-state index >= 15 is 0 Å². The predicted molar refractivity (Wildman–Crippen MR) is 146 cm³/mol. The van der Waals surface area contributed by atoms with E-state index in [1.165, 1.54) is 55.5 Å². The maximum absolute atomic E-state index is 2.53. The molecule has 0 N–H and O–H groups in total. The first-order chi connectivity index (χ1) is 16.2. The molecule has 0 spiro atoms. The van der Waals surface area contributed by atoms with Crippen LogP contribution in [0.15, 0.2) is 60.9 Å². The molecule has 3 heteroatoms. The molecule has 0 aliphatic rings. The Balaban J connectivity index is 1.84. The molecule has 2 rings (SSSR count). The Morgan fingerprint density at radius 3 is 1.73 bits per heavy atom. The van der Waals surface area contributed by atoms with Crippen molar-refractivity contribution < 1.29 is 4.57 Å². The van der Waals surface area contributed by atoms with Crippen LogP contribution in [0, 0.1) is 0 Å². The van der Waals surface area contributed by atoms with E-state index in [4.69, 9.17) is 0 Å². The lowest BCUT2D eigenvalue weighted by atomic mass is 10.1. The Morgan fingerprint density at radius 1 is 0.667 bits per heavy atom. The highest BCUT2D eigenvalue weighted by molar-refractivity contribution is 5.59. The zero-order valence-corrected chi connectivity index (χ0v) is 21.5. The summed E-state index contributed by atoms with van der Waals surface area (Å²) in [6.07, 6.45) is 19.2. The third-order valence-electron chi connectivity index (χ3n) is 6.21. The highest BCUT2D eigenvalue weighted by Crippen LogP contribution is 2.18. The van der Waals surface area contributed by atoms with Crippen molar-refractivity contribution in [1.82, 2.24) is 4.90 Å². The summed E-state index contributed by atoms with van der Waals surface area (Å²) < 4.78 is 2.28. The van der Waals surface area contributed by atoms with Gasteiger partial charge in [0.15, 0.2) is 12.4 Å². The van der Waals surface area contributed by atoms with E-state index in [1.54, 1.807) is 0 Å². The van der Waals surface area contributed by atoms with Gasteiger partial charge in [-0.1, -0.05) is 77.0 Å². The van der Waals surface area contributed by atoms with Crippen LogP contribution in [0.1, 0.15) is 70.9 Å². The highest BCUT2D eigenvalue weighted by Gasteiger charge is 2.05. The van der Waals surface area contributed by atoms with Crippen LogP contribution < -0.4 is 9.47 Å². The van der Waals surface area contributed by atoms with Gasteiger partial charge in [-0.3, -0.25) is 0 Å². The molecule has 0 bridgehead atoms. The summed E-state index contributed by atoms with van der Waals surface area (Å²) in [5, 5.41) is 0. The van der Waals surface area contributed by atoms with Gasteiger partial charge in [0.05, 0.1) is 0 Å². The third kappa shape index (κ3) is 10.4. The number of pyridine rings is 1. The van der Waals surface area contributed by atoms with Gasteiger partial charge in [0.25, 0.3) is 0 Å². The number of aryl methyl sites for hydroxylation is 1. The van der Waals surface area contributed by atoms with Gasteiger partial charge < -0.3 is 9.80 Å². The monoisotopic (exact) mass is 448 g/mol. The van der Waals surface area contributed by atoms with E-state index in [0.717, 1.165) is 32.7 Å². The lowest BCUT2D eigenvalue weighted by Gasteiger charge is -2.24. The van der Waals surface area contributed by atoms with Crippen LogP contribution in [0.3, 0.4) is 0 Å². The Hall–Kier alpha value is -2.39. The summed E-state index contributed by atoms with van der Waals surface area (Å²) in [7, 11) is 0. The van der Waals surface area contributed by atoms with Gasteiger partial charge >= 0.3 is 0 Å². The molecule has 0 fully saturated rings. The van der Waals surface area contributed by atoms with Gasteiger partial charge in [0, 0.05) is 43.9 Å². The summed E-state index contributed by atoms with van der Waals surface area (Å²) in [6, 6.07) is 13.4. The predicted octanol–water partition coefficient (Wildman–Crippen LogP) is 6.84. The third-order valence-corrected chi connectivity index (χ3v) is 6.21. The Morgan fingerprint density at radius 2 is 1.21 bits per heavy atom. The number of benzene rings is 1. The molecule has 1 aromatic carbocycles. The molecule has 0 aliphatic carbocycles. The second-order valence-electron chi connectivity index (χ2n) is 8.75. The van der Waals surface area contributed by atoms with Gasteiger partial charge in [-0.15, -0.1) is 0 Å². The molecule has 180 valence electrons. The maximum Gasteiger partial charge on any atom is 0.169 e. The van der Waals surface area contributed by atoms with Crippen LogP contribution in [-0.4, -0.2) is 37.6 Å². The fourth-order valence-corrected chi connectivity index (χ4v) is 3.94. The van der Waals surface area contributed by atoms with Crippen LogP contribution in [-0.2, 0) is 6.54 Å². The smallest absolute Gasteiger partial charge is 0.169 e. The molecule has 1 heterocycles. The zero-order valence-electron chi connectivity index (χ0n) is 21.5. The van der Waals surface area contributed by atoms with E-state index < -0.39 is 0 Å². The van der Waals surface area contributed by atoms with Crippen molar-refractivity contribution in [3.8, 4) is 0 Å². The molecular weight excluding hydrogens is 402 g/mol. The van der Waals surface area contributed by atoms with Crippen molar-refractivity contribution in [2.24, 2.45) is 0 Å². The summed E-state index contributed by atoms with van der Waals surface area (Å²) in [4.78, 5) is 5.01. The standard InChI is InChI=1S/C30H46N3/c1-5-9-24-33(25-10-6-2)30-18-16-28(17-19-30)14-11-12-15-29-20-26-32(27-21-29)23-13-22-31(7-3)8-4/h11-12,14-21,26-27H,5-10,13,22-25H2,1-4H3/q+1. The fraction of sp³-hybridized carbons (Fsp3) is 0.500. The van der Waals surface area contributed by atoms with Gasteiger partial charge in [0.2, 0.25) is 0 Å². The summed E-state index contributed by atoms with van der Waals surface area (Å²) >= 11 is 0. The molecule has 0 aliphatic heterocycles. The topological polar surface area (TPSA) is 10.4 Å². The molecule has 0 amide bonds. The minimum atomic E-state index is 1.07. The number of rotatable bonds is 16. The number of hydrogen-bond acceptors (Lipinski definition) is 2. The molecule has 2 aromatic rings. The molecule has 3 nitrogen and oxygen atoms in total. The lowest BCUT2D eigenvalue weighted by Crippen LogP contribution is -2.35. The first-order valence-corrected chi connectivity index (χ1v) is 13.1. The number of allylic oxidation sites excluding steroid dienone is 2. The van der Waals surface area contributed by atoms with Crippen LogP contribution in [0.4, 0.5) is 5.69 Å². The van der Waals surface area contributed by atoms with Crippen LogP contribution in [0.5, 0.6) is 0 Å². The summed E-state index contributed by atoms with van der Waals surface area (Å²) in [5.74, 6) is 0. The quantitative estimate of drug-likeness (QED) is 0.206. The first kappa shape index (κ1) is 26.9. The van der Waals surface area contributed by atoms with Crippen LogP contribution in [0.2, 0.25) is 0 Å². The van der Waals surface area contributed by atoms with Crippen molar-refractivity contribution >= 4 is 17.8 Å². The average Bonchev–Trinajstić information content (AvgIpc) is 2.86. The number of hydrogen-bond donors (Lipinski definition) is 0. The fourth-order valence-electron chi connectivity index (χ4n) is 3.94. The van der Waals surface area contributed by atoms with E-state index in [0.29, 0.717) is 0 Å². The van der Waals surface area contributed by atoms with E-state index in [-0.39, 0.29) is 0 Å². The molecule has 0 unspecified atom stereocenters. The van der Waals surface area contributed by atoms with Crippen LogP contribution in [0.25, 0.3) is 12.2 Å². The molecule has 0 saturated carbocycles. The maximum atomic E-state index is 2.53. The SMILES string of the molecule is CCCCN(CCCC)c1ccc(/C=C/C=C/c2cc[n+](CCCN(CC)CC)cc2)cc1. The minimum Gasteiger partial charge on any atom is -0.372 e. The van der Waals surface area contributed by atoms with Crippen molar-refractivity contribution in [2.45, 2.75) is 66.3 Å². The van der Waals surface area contributed by atoms with Gasteiger partial charge in [-0.25, -0.2) is 4.57 Å². The second-order valence-corrected chi connectivity index (χ2v) is 8.75. The van der Waals surface area contributed by atoms with E-state index in [2.05, 4.69) is 115 Å². The molecule has 0 saturated heterocycles. The number of anilines is 1. The van der Waals surface area contributed by atoms with Crippen molar-refractivity contribution in [1.29, 1.82) is 0 Å². The first-order valence-electron chi connectivity index (χ1n) is 13.1. The van der Waals surface area contributed by atoms with Crippen molar-refractivity contribution in [3.05, 3.63) is 72.1 Å². The molecule has 0 atom stereocenters. The molecule has 1 aromatic heterocycles. The van der Waals surface area contributed by atoms with Gasteiger partial charge in [-0.2, -0.15) is 0 Å². The van der Waals surface area contributed by atoms with Gasteiger partial charge in [0.1, 0.15) is 6.54 Å². The minimum absolute atomic E-state index is 1.07. The van der Waals surface area contributed by atoms with E-state index in [1.807, 2.05) is 0 Å². The normalized spacial score (nSPS) is 11.8. The van der Waals surface area contributed by atoms with Crippen LogP contribution >= 0.6 is 0 Å². The van der Waals surface area contributed by atoms with E-state index in [9.17, 15) is 0 Å². The average molecular weight is 449 g/mol. The molecule has 0 radical (unpaired) electrons. The number of nitrogens with zero attached hydrogens (tertiary/aromatic N) is 3. The van der Waals surface area contributed by atoms with Crippen molar-refractivity contribution in [3.63, 3.8) is 0 Å². The number of aromatic nitrogens is 1. The largest absolute Gasteiger partial charge is 0.372 e. The highest BCUT2D eigenvalue weighted by atomic mass is 15.1. The van der Waals surface area contributed by atoms with Gasteiger partial charge in [-0.05, 0) is 49.2 Å². The Kier molecular flexibility index (Phi) is 13.2. The zero-order chi connectivity index (χ0) is 23.7. The second kappa shape index (κ2) is 16.3. The lowest BCUT2D eigenvalue weighted by molar-refractivity contribution is -0.697. The number of unbranched alkanes of at least 4 members (excludes halogenated alkanes) is 2. The Bertz CT molecular complexity index is 793. The Labute approximate surface area is 203 Å². The summed E-state index contributed by atoms with van der Waals surface area (Å²) in [6.45, 7) is 15.8. The summed E-state index contributed by atoms with van der Waals surface area (Å²) in [5.41, 5.74) is 3.82. The van der Waals surface area contributed by atoms with Crippen molar-refractivity contribution in [2.75, 3.05) is 37.6 Å². The molecule has 33 heavy (non-hydrogen) atoms.